The molecule has 3 N–H and O–H groups in total. The number of hydrogen-bond acceptors (Lipinski definition) is 3. The van der Waals surface area contributed by atoms with E-state index >= 15 is 0 Å². The van der Waals surface area contributed by atoms with E-state index in [1.54, 1.807) is 4.72 Å². The maximum atomic E-state index is 12.6. The van der Waals surface area contributed by atoms with Gasteiger partial charge in [0.2, 0.25) is 10.0 Å². The minimum atomic E-state index is -4.12. The molecule has 0 atom stereocenters. The third kappa shape index (κ3) is 3.11. The molecule has 90 valence electrons. The first-order chi connectivity index (χ1) is 7.33. The van der Waals surface area contributed by atoms with Gasteiger partial charge in [0.05, 0.1) is 12.2 Å². The second-order valence-corrected chi connectivity index (χ2v) is 4.66. The zero-order valence-electron chi connectivity index (χ0n) is 7.95. The Hall–Kier alpha value is -1.28. The van der Waals surface area contributed by atoms with Gasteiger partial charge in [-0.2, -0.15) is 0 Å². The summed E-state index contributed by atoms with van der Waals surface area (Å²) in [7, 11) is -4.12. The molecule has 0 saturated heterocycles. The van der Waals surface area contributed by atoms with Crippen molar-refractivity contribution in [2.45, 2.75) is 11.3 Å². The molecule has 0 aliphatic carbocycles. The normalized spacial score (nSPS) is 12.0. The minimum Gasteiger partial charge on any atom is -0.398 e. The van der Waals surface area contributed by atoms with Gasteiger partial charge in [0.15, 0.2) is 0 Å². The number of sulfonamides is 1. The summed E-state index contributed by atoms with van der Waals surface area (Å²) in [5.74, 6) is -0.703. The van der Waals surface area contributed by atoms with E-state index in [4.69, 9.17) is 5.73 Å². The van der Waals surface area contributed by atoms with Crippen molar-refractivity contribution in [1.82, 2.24) is 4.72 Å². The molecule has 4 nitrogen and oxygen atoms in total. The fourth-order valence-corrected chi connectivity index (χ4v) is 2.13. The molecule has 0 heterocycles. The van der Waals surface area contributed by atoms with Gasteiger partial charge in [-0.1, -0.05) is 0 Å². The zero-order chi connectivity index (χ0) is 12.3. The van der Waals surface area contributed by atoms with E-state index in [0.717, 1.165) is 18.2 Å². The molecule has 0 fully saturated rings. The Bertz CT molecular complexity index is 476. The molecule has 1 rings (SSSR count). The van der Waals surface area contributed by atoms with Crippen molar-refractivity contribution in [3.63, 3.8) is 0 Å². The molecule has 0 unspecified atom stereocenters. The van der Waals surface area contributed by atoms with Crippen molar-refractivity contribution in [2.75, 3.05) is 12.3 Å². The molecular weight excluding hydrogens is 245 g/mol. The Labute approximate surface area is 90.3 Å². The van der Waals surface area contributed by atoms with Gasteiger partial charge in [-0.3, -0.25) is 0 Å². The first kappa shape index (κ1) is 12.8. The number of nitrogens with two attached hydrogens (primary N) is 1. The number of alkyl halides is 2. The average Bonchev–Trinajstić information content (AvgIpc) is 2.14. The summed E-state index contributed by atoms with van der Waals surface area (Å²) in [5.41, 5.74) is 4.94. The standard InChI is InChI=1S/C8H9F3N2O2S/c9-5-1-2-7(6(12)3-5)16(14,15)13-4-8(10)11/h1-3,8,13H,4,12H2. The summed E-state index contributed by atoms with van der Waals surface area (Å²) >= 11 is 0. The van der Waals surface area contributed by atoms with Crippen molar-refractivity contribution >= 4 is 15.7 Å². The molecule has 0 bridgehead atoms. The highest BCUT2D eigenvalue weighted by molar-refractivity contribution is 7.89. The molecule has 1 aromatic carbocycles. The molecule has 1 aromatic rings. The van der Waals surface area contributed by atoms with Crippen LogP contribution < -0.4 is 10.5 Å². The Morgan fingerprint density at radius 2 is 2.00 bits per heavy atom. The van der Waals surface area contributed by atoms with Crippen LogP contribution in [0.4, 0.5) is 18.9 Å². The maximum absolute atomic E-state index is 12.6. The van der Waals surface area contributed by atoms with Gasteiger partial charge in [0.25, 0.3) is 6.43 Å². The topological polar surface area (TPSA) is 72.2 Å². The summed E-state index contributed by atoms with van der Waals surface area (Å²) in [4.78, 5) is -0.422. The van der Waals surface area contributed by atoms with E-state index < -0.39 is 33.7 Å². The van der Waals surface area contributed by atoms with Crippen LogP contribution in [0.3, 0.4) is 0 Å². The van der Waals surface area contributed by atoms with Crippen molar-refractivity contribution in [1.29, 1.82) is 0 Å². The van der Waals surface area contributed by atoms with Crippen LogP contribution in [0.2, 0.25) is 0 Å². The summed E-state index contributed by atoms with van der Waals surface area (Å²) in [6, 6.07) is 2.60. The molecule has 0 amide bonds. The monoisotopic (exact) mass is 254 g/mol. The third-order valence-electron chi connectivity index (χ3n) is 1.69. The summed E-state index contributed by atoms with van der Waals surface area (Å²) < 4.78 is 60.8. The highest BCUT2D eigenvalue weighted by Gasteiger charge is 2.19. The maximum Gasteiger partial charge on any atom is 0.251 e. The van der Waals surface area contributed by atoms with E-state index in [0.29, 0.717) is 0 Å². The first-order valence-electron chi connectivity index (χ1n) is 4.16. The number of anilines is 1. The highest BCUT2D eigenvalue weighted by atomic mass is 32.2. The van der Waals surface area contributed by atoms with Crippen LogP contribution in [0.15, 0.2) is 23.1 Å². The summed E-state index contributed by atoms with van der Waals surface area (Å²) in [6.45, 7) is -1.01. The lowest BCUT2D eigenvalue weighted by Gasteiger charge is -2.08. The van der Waals surface area contributed by atoms with E-state index in [1.165, 1.54) is 0 Å². The van der Waals surface area contributed by atoms with E-state index in [1.807, 2.05) is 0 Å². The lowest BCUT2D eigenvalue weighted by atomic mass is 10.3. The predicted molar refractivity (Wildman–Crippen MR) is 52.0 cm³/mol. The Kier molecular flexibility index (Phi) is 3.76. The number of halogens is 3. The van der Waals surface area contributed by atoms with Crippen molar-refractivity contribution < 1.29 is 21.6 Å². The molecule has 0 aromatic heterocycles. The molecule has 0 saturated carbocycles. The first-order valence-corrected chi connectivity index (χ1v) is 5.64. The smallest absolute Gasteiger partial charge is 0.251 e. The van der Waals surface area contributed by atoms with Crippen molar-refractivity contribution in [3.8, 4) is 0 Å². The number of nitrogens with one attached hydrogen (secondary N) is 1. The Morgan fingerprint density at radius 3 is 2.50 bits per heavy atom. The molecule has 8 heteroatoms. The summed E-state index contributed by atoms with van der Waals surface area (Å²) in [6.07, 6.45) is -2.81. The summed E-state index contributed by atoms with van der Waals surface area (Å²) in [5, 5.41) is 0. The fraction of sp³-hybridized carbons (Fsp3) is 0.250. The highest BCUT2D eigenvalue weighted by Crippen LogP contribution is 2.18. The van der Waals surface area contributed by atoms with Gasteiger partial charge < -0.3 is 5.73 Å². The van der Waals surface area contributed by atoms with Gasteiger partial charge in [-0.05, 0) is 18.2 Å². The van der Waals surface area contributed by atoms with Crippen molar-refractivity contribution in [2.24, 2.45) is 0 Å². The molecule has 16 heavy (non-hydrogen) atoms. The van der Waals surface area contributed by atoms with Crippen LogP contribution in [0, 0.1) is 5.82 Å². The molecule has 0 radical (unpaired) electrons. The predicted octanol–water partition coefficient (Wildman–Crippen LogP) is 0.951. The molecular formula is C8H9F3N2O2S. The second-order valence-electron chi connectivity index (χ2n) is 2.93. The second kappa shape index (κ2) is 4.71. The van der Waals surface area contributed by atoms with Crippen molar-refractivity contribution in [3.05, 3.63) is 24.0 Å². The lowest BCUT2D eigenvalue weighted by Crippen LogP contribution is -2.29. The lowest BCUT2D eigenvalue weighted by molar-refractivity contribution is 0.153. The minimum absolute atomic E-state index is 0.332. The van der Waals surface area contributed by atoms with Crippen LogP contribution in [0.25, 0.3) is 0 Å². The van der Waals surface area contributed by atoms with Gasteiger partial charge in [-0.25, -0.2) is 26.3 Å². The van der Waals surface area contributed by atoms with Crippen LogP contribution in [0.1, 0.15) is 0 Å². The van der Waals surface area contributed by atoms with E-state index in [9.17, 15) is 21.6 Å². The average molecular weight is 254 g/mol. The SMILES string of the molecule is Nc1cc(F)ccc1S(=O)(=O)NCC(F)F. The Morgan fingerprint density at radius 1 is 1.38 bits per heavy atom. The Balaban J connectivity index is 2.99. The quantitative estimate of drug-likeness (QED) is 0.786. The van der Waals surface area contributed by atoms with Gasteiger partial charge in [-0.15, -0.1) is 0 Å². The molecule has 0 aliphatic rings. The van der Waals surface area contributed by atoms with E-state index in [2.05, 4.69) is 0 Å². The number of nitrogen functional groups attached to an aromatic ring is 1. The van der Waals surface area contributed by atoms with Gasteiger partial charge in [0, 0.05) is 0 Å². The van der Waals surface area contributed by atoms with Gasteiger partial charge in [0.1, 0.15) is 10.7 Å². The number of benzene rings is 1. The molecule has 0 aliphatic heterocycles. The van der Waals surface area contributed by atoms with Crippen LogP contribution in [0.5, 0.6) is 0 Å². The number of hydrogen-bond donors (Lipinski definition) is 2. The third-order valence-corrected chi connectivity index (χ3v) is 3.19. The van der Waals surface area contributed by atoms with Crippen LogP contribution in [-0.4, -0.2) is 21.4 Å². The molecule has 0 spiro atoms. The van der Waals surface area contributed by atoms with Crippen LogP contribution >= 0.6 is 0 Å². The number of rotatable bonds is 4. The zero-order valence-corrected chi connectivity index (χ0v) is 8.77. The van der Waals surface area contributed by atoms with Crippen LogP contribution in [-0.2, 0) is 10.0 Å². The largest absolute Gasteiger partial charge is 0.398 e. The van der Waals surface area contributed by atoms with Gasteiger partial charge >= 0.3 is 0 Å². The fourth-order valence-electron chi connectivity index (χ4n) is 1.01. The van der Waals surface area contributed by atoms with E-state index in [-0.39, 0.29) is 5.69 Å².